The maximum atomic E-state index is 5.96. The van der Waals surface area contributed by atoms with Gasteiger partial charge in [0.2, 0.25) is 0 Å². The first-order valence-electron chi connectivity index (χ1n) is 4.14. The summed E-state index contributed by atoms with van der Waals surface area (Å²) in [6, 6.07) is 3.35. The Balaban J connectivity index is 2.27. The van der Waals surface area contributed by atoms with Crippen LogP contribution >= 0.6 is 34.8 Å². The average Bonchev–Trinajstić information content (AvgIpc) is 2.58. The molecule has 0 atom stereocenters. The molecule has 0 saturated heterocycles. The highest BCUT2D eigenvalue weighted by Gasteiger charge is 2.05. The van der Waals surface area contributed by atoms with Crippen LogP contribution in [-0.2, 0) is 6.54 Å². The normalized spacial score (nSPS) is 10.6. The van der Waals surface area contributed by atoms with Gasteiger partial charge < -0.3 is 0 Å². The van der Waals surface area contributed by atoms with E-state index in [4.69, 9.17) is 34.8 Å². The summed E-state index contributed by atoms with van der Waals surface area (Å²) in [5, 5.41) is 5.57. The highest BCUT2D eigenvalue weighted by Crippen LogP contribution is 2.18. The minimum absolute atomic E-state index is 0.410. The van der Waals surface area contributed by atoms with E-state index in [1.807, 2.05) is 0 Å². The van der Waals surface area contributed by atoms with Crippen LogP contribution in [-0.4, -0.2) is 14.8 Å². The van der Waals surface area contributed by atoms with Gasteiger partial charge in [0.05, 0.1) is 28.5 Å². The van der Waals surface area contributed by atoms with Crippen molar-refractivity contribution < 1.29 is 0 Å². The molecule has 2 aromatic rings. The van der Waals surface area contributed by atoms with Crippen molar-refractivity contribution in [1.29, 1.82) is 0 Å². The second-order valence-electron chi connectivity index (χ2n) is 2.92. The molecule has 0 saturated carbocycles. The number of halogens is 3. The number of pyridine rings is 1. The number of hydrogen-bond donors (Lipinski definition) is 0. The summed E-state index contributed by atoms with van der Waals surface area (Å²) in [5.41, 5.74) is 0.670. The minimum Gasteiger partial charge on any atom is -0.265 e. The Labute approximate surface area is 102 Å². The van der Waals surface area contributed by atoms with Gasteiger partial charge in [0.1, 0.15) is 5.15 Å². The summed E-state index contributed by atoms with van der Waals surface area (Å²) in [5.74, 6) is 0. The molecule has 2 heterocycles. The van der Waals surface area contributed by atoms with E-state index in [0.29, 0.717) is 27.4 Å². The molecule has 0 aromatic carbocycles. The standard InChI is InChI=1S/C9H6Cl3N3/c10-6-3-13-15(4-6)5-8-7(11)1-2-9(12)14-8/h1-4H,5H2. The SMILES string of the molecule is Clc1cnn(Cc2nc(Cl)ccc2Cl)c1. The zero-order chi connectivity index (χ0) is 10.8. The molecule has 0 fully saturated rings. The van der Waals surface area contributed by atoms with Gasteiger partial charge in [-0.3, -0.25) is 4.68 Å². The molecule has 0 aliphatic rings. The number of nitrogens with zero attached hydrogens (tertiary/aromatic N) is 3. The molecule has 0 spiro atoms. The average molecular weight is 263 g/mol. The number of rotatable bonds is 2. The molecular weight excluding hydrogens is 256 g/mol. The fourth-order valence-electron chi connectivity index (χ4n) is 1.15. The summed E-state index contributed by atoms with van der Waals surface area (Å²) in [7, 11) is 0. The van der Waals surface area contributed by atoms with Crippen LogP contribution in [0.25, 0.3) is 0 Å². The largest absolute Gasteiger partial charge is 0.265 e. The molecule has 2 aromatic heterocycles. The fourth-order valence-corrected chi connectivity index (χ4v) is 1.63. The van der Waals surface area contributed by atoms with Crippen LogP contribution in [0.4, 0.5) is 0 Å². The highest BCUT2D eigenvalue weighted by molar-refractivity contribution is 6.32. The van der Waals surface area contributed by atoms with E-state index in [2.05, 4.69) is 10.1 Å². The smallest absolute Gasteiger partial charge is 0.129 e. The first kappa shape index (κ1) is 10.7. The topological polar surface area (TPSA) is 30.7 Å². The van der Waals surface area contributed by atoms with E-state index in [9.17, 15) is 0 Å². The van der Waals surface area contributed by atoms with E-state index >= 15 is 0 Å². The van der Waals surface area contributed by atoms with Crippen molar-refractivity contribution in [3.8, 4) is 0 Å². The Kier molecular flexibility index (Phi) is 3.14. The lowest BCUT2D eigenvalue weighted by atomic mass is 10.3. The molecule has 6 heteroatoms. The van der Waals surface area contributed by atoms with E-state index in [-0.39, 0.29) is 0 Å². The zero-order valence-electron chi connectivity index (χ0n) is 7.49. The van der Waals surface area contributed by atoms with Gasteiger partial charge in [0.25, 0.3) is 0 Å². The van der Waals surface area contributed by atoms with Crippen LogP contribution in [0.2, 0.25) is 15.2 Å². The predicted octanol–water partition coefficient (Wildman–Crippen LogP) is 3.29. The summed E-state index contributed by atoms with van der Waals surface area (Å²) in [4.78, 5) is 4.11. The van der Waals surface area contributed by atoms with Crippen LogP contribution in [0.1, 0.15) is 5.69 Å². The maximum Gasteiger partial charge on any atom is 0.129 e. The van der Waals surface area contributed by atoms with Crippen molar-refractivity contribution in [1.82, 2.24) is 14.8 Å². The van der Waals surface area contributed by atoms with Gasteiger partial charge in [-0.15, -0.1) is 0 Å². The first-order valence-corrected chi connectivity index (χ1v) is 5.27. The van der Waals surface area contributed by atoms with Crippen molar-refractivity contribution in [2.75, 3.05) is 0 Å². The quantitative estimate of drug-likeness (QED) is 0.778. The van der Waals surface area contributed by atoms with Gasteiger partial charge in [-0.05, 0) is 12.1 Å². The lowest BCUT2D eigenvalue weighted by Crippen LogP contribution is -2.02. The molecule has 2 rings (SSSR count). The van der Waals surface area contributed by atoms with Crippen LogP contribution in [0, 0.1) is 0 Å². The summed E-state index contributed by atoms with van der Waals surface area (Å²) >= 11 is 17.5. The van der Waals surface area contributed by atoms with Crippen LogP contribution in [0.3, 0.4) is 0 Å². The van der Waals surface area contributed by atoms with Crippen molar-refractivity contribution in [2.24, 2.45) is 0 Å². The molecule has 0 aliphatic carbocycles. The summed E-state index contributed by atoms with van der Waals surface area (Å²) in [6.07, 6.45) is 3.25. The van der Waals surface area contributed by atoms with Gasteiger partial charge in [0, 0.05) is 6.20 Å². The Morgan fingerprint density at radius 3 is 2.67 bits per heavy atom. The Morgan fingerprint density at radius 2 is 2.00 bits per heavy atom. The third-order valence-electron chi connectivity index (χ3n) is 1.80. The molecule has 0 unspecified atom stereocenters. The highest BCUT2D eigenvalue weighted by atomic mass is 35.5. The molecular formula is C9H6Cl3N3. The predicted molar refractivity (Wildman–Crippen MR) is 60.6 cm³/mol. The van der Waals surface area contributed by atoms with E-state index in [1.165, 1.54) is 0 Å². The lowest BCUT2D eigenvalue weighted by Gasteiger charge is -2.03. The van der Waals surface area contributed by atoms with Gasteiger partial charge in [-0.25, -0.2) is 4.98 Å². The second kappa shape index (κ2) is 4.39. The van der Waals surface area contributed by atoms with Crippen LogP contribution in [0.15, 0.2) is 24.5 Å². The molecule has 78 valence electrons. The zero-order valence-corrected chi connectivity index (χ0v) is 9.76. The Hall–Kier alpha value is -0.770. The van der Waals surface area contributed by atoms with Crippen molar-refractivity contribution in [3.63, 3.8) is 0 Å². The third kappa shape index (κ3) is 2.62. The molecule has 0 bridgehead atoms. The number of aromatic nitrogens is 3. The summed E-state index contributed by atoms with van der Waals surface area (Å²) in [6.45, 7) is 0.451. The summed E-state index contributed by atoms with van der Waals surface area (Å²) < 4.78 is 1.65. The second-order valence-corrected chi connectivity index (χ2v) is 4.15. The van der Waals surface area contributed by atoms with Crippen LogP contribution < -0.4 is 0 Å². The Bertz CT molecular complexity index is 481. The number of hydrogen-bond acceptors (Lipinski definition) is 2. The monoisotopic (exact) mass is 261 g/mol. The van der Waals surface area contributed by atoms with E-state index < -0.39 is 0 Å². The lowest BCUT2D eigenvalue weighted by molar-refractivity contribution is 0.673. The van der Waals surface area contributed by atoms with Gasteiger partial charge in [0.15, 0.2) is 0 Å². The van der Waals surface area contributed by atoms with E-state index in [0.717, 1.165) is 0 Å². The first-order chi connectivity index (χ1) is 7.15. The fraction of sp³-hybridized carbons (Fsp3) is 0.111. The molecule has 0 aliphatic heterocycles. The van der Waals surface area contributed by atoms with Crippen molar-refractivity contribution in [2.45, 2.75) is 6.54 Å². The van der Waals surface area contributed by atoms with Gasteiger partial charge in [-0.2, -0.15) is 5.10 Å². The van der Waals surface area contributed by atoms with Crippen molar-refractivity contribution in [3.05, 3.63) is 45.4 Å². The van der Waals surface area contributed by atoms with Crippen LogP contribution in [0.5, 0.6) is 0 Å². The molecule has 15 heavy (non-hydrogen) atoms. The molecule has 0 radical (unpaired) electrons. The third-order valence-corrected chi connectivity index (χ3v) is 2.55. The maximum absolute atomic E-state index is 5.96. The van der Waals surface area contributed by atoms with E-state index in [1.54, 1.807) is 29.2 Å². The van der Waals surface area contributed by atoms with Gasteiger partial charge >= 0.3 is 0 Å². The minimum atomic E-state index is 0.410. The molecule has 0 N–H and O–H groups in total. The molecule has 0 amide bonds. The molecule has 3 nitrogen and oxygen atoms in total. The van der Waals surface area contributed by atoms with Crippen molar-refractivity contribution >= 4 is 34.8 Å². The Morgan fingerprint density at radius 1 is 1.20 bits per heavy atom. The van der Waals surface area contributed by atoms with Gasteiger partial charge in [-0.1, -0.05) is 34.8 Å².